The van der Waals surface area contributed by atoms with Gasteiger partial charge in [0.1, 0.15) is 0 Å². The zero-order valence-corrected chi connectivity index (χ0v) is 12.6. The number of nitrogens with one attached hydrogen (secondary N) is 2. The molecule has 0 unspecified atom stereocenters. The molecule has 1 amide bonds. The van der Waals surface area contributed by atoms with Crippen LogP contribution in [0, 0.1) is 5.41 Å². The van der Waals surface area contributed by atoms with E-state index in [1.54, 1.807) is 7.05 Å². The fourth-order valence-electron chi connectivity index (χ4n) is 2.44. The van der Waals surface area contributed by atoms with Crippen LogP contribution in [0.1, 0.15) is 31.4 Å². The van der Waals surface area contributed by atoms with Crippen molar-refractivity contribution in [3.63, 3.8) is 0 Å². The summed E-state index contributed by atoms with van der Waals surface area (Å²) in [4.78, 5) is 17.9. The first-order valence-corrected chi connectivity index (χ1v) is 6.92. The third-order valence-corrected chi connectivity index (χ3v) is 3.77. The summed E-state index contributed by atoms with van der Waals surface area (Å²) in [6, 6.07) is 5.74. The lowest BCUT2D eigenvalue weighted by atomic mass is 9.86. The Balaban J connectivity index is 2.46. The van der Waals surface area contributed by atoms with Crippen LogP contribution in [0.5, 0.6) is 0 Å². The van der Waals surface area contributed by atoms with Crippen molar-refractivity contribution in [2.24, 2.45) is 10.7 Å². The van der Waals surface area contributed by atoms with Gasteiger partial charge in [0, 0.05) is 31.1 Å². The van der Waals surface area contributed by atoms with Crippen molar-refractivity contribution in [1.82, 2.24) is 4.90 Å². The summed E-state index contributed by atoms with van der Waals surface area (Å²) in [7, 11) is 1.62. The van der Waals surface area contributed by atoms with Crippen LogP contribution in [-0.4, -0.2) is 36.6 Å². The van der Waals surface area contributed by atoms with Crippen LogP contribution in [0.15, 0.2) is 23.2 Å². The highest BCUT2D eigenvalue weighted by Crippen LogP contribution is 2.34. The summed E-state index contributed by atoms with van der Waals surface area (Å²) in [5, 5.41) is 10.8. The van der Waals surface area contributed by atoms with E-state index in [1.807, 2.05) is 32.0 Å². The van der Waals surface area contributed by atoms with Gasteiger partial charge in [0.05, 0.1) is 12.0 Å². The molecule has 0 saturated carbocycles. The van der Waals surface area contributed by atoms with Crippen LogP contribution in [0.3, 0.4) is 0 Å². The van der Waals surface area contributed by atoms with E-state index in [1.165, 1.54) is 11.1 Å². The van der Waals surface area contributed by atoms with E-state index in [2.05, 4.69) is 10.3 Å². The molecule has 0 spiro atoms. The Morgan fingerprint density at radius 1 is 1.57 bits per heavy atom. The summed E-state index contributed by atoms with van der Waals surface area (Å²) >= 11 is 0. The van der Waals surface area contributed by atoms with Crippen molar-refractivity contribution < 1.29 is 4.79 Å². The van der Waals surface area contributed by atoms with Gasteiger partial charge in [-0.15, -0.1) is 0 Å². The number of carbonyl (C=O) groups excluding carboxylic acids is 1. The molecule has 112 valence electrons. The molecule has 0 bridgehead atoms. The summed E-state index contributed by atoms with van der Waals surface area (Å²) in [6.07, 6.45) is 1.57. The lowest BCUT2D eigenvalue weighted by Gasteiger charge is -2.34. The van der Waals surface area contributed by atoms with E-state index in [0.717, 1.165) is 23.4 Å². The standard InChI is InChI=1S/C15H21N5O/c1-4-18-12-6-5-11(7-10(12)9-16)15(2)8-13(21)20(3)14(17)19-15/h5-7,9,16,18H,4,8H2,1-3H3,(H2,17,19)/t15-/m0/s1. The van der Waals surface area contributed by atoms with E-state index < -0.39 is 5.54 Å². The third kappa shape index (κ3) is 2.74. The summed E-state index contributed by atoms with van der Waals surface area (Å²) < 4.78 is 0. The maximum Gasteiger partial charge on any atom is 0.231 e. The zero-order valence-electron chi connectivity index (χ0n) is 12.6. The SMILES string of the molecule is CCNc1ccc([C@]2(C)CC(=O)N(C)C(N)=N2)cc1C=N. The van der Waals surface area contributed by atoms with Crippen molar-refractivity contribution >= 4 is 23.8 Å². The number of guanidine groups is 1. The first-order valence-electron chi connectivity index (χ1n) is 6.92. The maximum atomic E-state index is 12.0. The minimum absolute atomic E-state index is 0.0582. The normalized spacial score (nSPS) is 22.0. The lowest BCUT2D eigenvalue weighted by Crippen LogP contribution is -2.47. The number of hydrogen-bond acceptors (Lipinski definition) is 5. The molecule has 1 aromatic rings. The highest BCUT2D eigenvalue weighted by molar-refractivity contribution is 5.99. The molecule has 1 aliphatic rings. The fraction of sp³-hybridized carbons (Fsp3) is 0.400. The van der Waals surface area contributed by atoms with Gasteiger partial charge in [-0.1, -0.05) is 6.07 Å². The molecule has 1 heterocycles. The second-order valence-electron chi connectivity index (χ2n) is 5.35. The monoisotopic (exact) mass is 287 g/mol. The van der Waals surface area contributed by atoms with E-state index in [4.69, 9.17) is 11.1 Å². The van der Waals surface area contributed by atoms with Gasteiger partial charge in [0.25, 0.3) is 0 Å². The maximum absolute atomic E-state index is 12.0. The Labute approximate surface area is 124 Å². The average molecular weight is 287 g/mol. The summed E-state index contributed by atoms with van der Waals surface area (Å²) in [5.41, 5.74) is 7.70. The van der Waals surface area contributed by atoms with E-state index in [9.17, 15) is 4.79 Å². The Morgan fingerprint density at radius 3 is 2.86 bits per heavy atom. The van der Waals surface area contributed by atoms with E-state index in [-0.39, 0.29) is 18.3 Å². The van der Waals surface area contributed by atoms with Crippen molar-refractivity contribution in [3.05, 3.63) is 29.3 Å². The first kappa shape index (κ1) is 15.0. The molecule has 1 atom stereocenters. The largest absolute Gasteiger partial charge is 0.385 e. The average Bonchev–Trinajstić information content (AvgIpc) is 2.45. The van der Waals surface area contributed by atoms with Gasteiger partial charge in [0.15, 0.2) is 5.96 Å². The molecule has 0 fully saturated rings. The second-order valence-corrected chi connectivity index (χ2v) is 5.35. The van der Waals surface area contributed by atoms with Gasteiger partial charge >= 0.3 is 0 Å². The van der Waals surface area contributed by atoms with Crippen molar-refractivity contribution in [3.8, 4) is 0 Å². The highest BCUT2D eigenvalue weighted by Gasteiger charge is 2.36. The van der Waals surface area contributed by atoms with Crippen LogP contribution >= 0.6 is 0 Å². The Bertz CT molecular complexity index is 610. The van der Waals surface area contributed by atoms with Crippen LogP contribution in [0.2, 0.25) is 0 Å². The van der Waals surface area contributed by atoms with Crippen LogP contribution < -0.4 is 11.1 Å². The van der Waals surface area contributed by atoms with E-state index >= 15 is 0 Å². The lowest BCUT2D eigenvalue weighted by molar-refractivity contribution is -0.128. The Kier molecular flexibility index (Phi) is 3.97. The number of hydrogen-bond donors (Lipinski definition) is 3. The van der Waals surface area contributed by atoms with Crippen molar-refractivity contribution in [1.29, 1.82) is 5.41 Å². The number of nitrogens with two attached hydrogens (primary N) is 1. The molecule has 0 aliphatic carbocycles. The minimum Gasteiger partial charge on any atom is -0.385 e. The number of amides is 1. The Hall–Kier alpha value is -2.37. The molecule has 0 saturated heterocycles. The predicted molar refractivity (Wildman–Crippen MR) is 84.9 cm³/mol. The van der Waals surface area contributed by atoms with Crippen molar-refractivity contribution in [2.45, 2.75) is 25.8 Å². The number of aliphatic imine (C=N–C) groups is 1. The zero-order chi connectivity index (χ0) is 15.6. The molecule has 1 aliphatic heterocycles. The molecule has 6 nitrogen and oxygen atoms in total. The molecule has 0 radical (unpaired) electrons. The van der Waals surface area contributed by atoms with Gasteiger partial charge in [0.2, 0.25) is 5.91 Å². The third-order valence-electron chi connectivity index (χ3n) is 3.77. The molecule has 4 N–H and O–H groups in total. The smallest absolute Gasteiger partial charge is 0.231 e. The van der Waals surface area contributed by atoms with Crippen LogP contribution in [-0.2, 0) is 10.3 Å². The van der Waals surface area contributed by atoms with Gasteiger partial charge < -0.3 is 16.5 Å². The number of rotatable bonds is 4. The van der Waals surface area contributed by atoms with Crippen LogP contribution in [0.25, 0.3) is 0 Å². The topological polar surface area (TPSA) is 94.6 Å². The Morgan fingerprint density at radius 2 is 2.29 bits per heavy atom. The molecule has 0 aromatic heterocycles. The molecular weight excluding hydrogens is 266 g/mol. The fourth-order valence-corrected chi connectivity index (χ4v) is 2.44. The number of nitrogens with zero attached hydrogens (tertiary/aromatic N) is 2. The number of benzene rings is 1. The summed E-state index contributed by atoms with van der Waals surface area (Å²) in [6.45, 7) is 4.68. The molecule has 6 heteroatoms. The van der Waals surface area contributed by atoms with Crippen LogP contribution in [0.4, 0.5) is 5.69 Å². The second kappa shape index (κ2) is 5.55. The van der Waals surface area contributed by atoms with Gasteiger partial charge in [-0.05, 0) is 31.5 Å². The molecule has 21 heavy (non-hydrogen) atoms. The quantitative estimate of drug-likeness (QED) is 0.732. The molecule has 2 rings (SSSR count). The van der Waals surface area contributed by atoms with E-state index in [0.29, 0.717) is 0 Å². The number of carbonyl (C=O) groups is 1. The first-order chi connectivity index (χ1) is 9.91. The summed E-state index contributed by atoms with van der Waals surface area (Å²) in [5.74, 6) is 0.165. The minimum atomic E-state index is -0.684. The predicted octanol–water partition coefficient (Wildman–Crippen LogP) is 1.51. The van der Waals surface area contributed by atoms with Gasteiger partial charge in [-0.2, -0.15) is 0 Å². The highest BCUT2D eigenvalue weighted by atomic mass is 16.2. The molecule has 1 aromatic carbocycles. The molecular formula is C15H21N5O. The van der Waals surface area contributed by atoms with Gasteiger partial charge in [-0.25, -0.2) is 4.99 Å². The van der Waals surface area contributed by atoms with Gasteiger partial charge in [-0.3, -0.25) is 9.69 Å². The van der Waals surface area contributed by atoms with Crippen molar-refractivity contribution in [2.75, 3.05) is 18.9 Å². The number of anilines is 1.